The van der Waals surface area contributed by atoms with E-state index in [1.807, 2.05) is 0 Å². The van der Waals surface area contributed by atoms with Crippen molar-refractivity contribution in [3.05, 3.63) is 47.8 Å². The molecule has 0 fully saturated rings. The van der Waals surface area contributed by atoms with Crippen molar-refractivity contribution in [3.63, 3.8) is 0 Å². The number of benzene rings is 2. The number of fused-ring (bicyclic) bond motifs is 1. The molecular weight excluding hydrogens is 246 g/mol. The van der Waals surface area contributed by atoms with E-state index in [2.05, 4.69) is 0 Å². The third kappa shape index (κ3) is 2.11. The molecule has 1 heterocycles. The molecule has 0 saturated heterocycles. The zero-order chi connectivity index (χ0) is 13.4. The highest BCUT2D eigenvalue weighted by atomic mass is 19.1. The predicted molar refractivity (Wildman–Crippen MR) is 70.8 cm³/mol. The number of halogens is 1. The first-order chi connectivity index (χ1) is 9.19. The van der Waals surface area contributed by atoms with Crippen molar-refractivity contribution in [2.45, 2.75) is 6.61 Å². The fourth-order valence-corrected chi connectivity index (χ4v) is 2.26. The predicted octanol–water partition coefficient (Wildman–Crippen LogP) is 1.72. The van der Waals surface area contributed by atoms with Crippen molar-refractivity contribution in [2.75, 3.05) is 7.11 Å². The van der Waals surface area contributed by atoms with Gasteiger partial charge in [0.25, 0.3) is 0 Å². The largest absolute Gasteiger partial charge is 0.497 e. The molecule has 0 saturated carbocycles. The zero-order valence-electron chi connectivity index (χ0n) is 10.4. The molecule has 0 atom stereocenters. The van der Waals surface area contributed by atoms with Gasteiger partial charge in [0.2, 0.25) is 0 Å². The second-order valence-corrected chi connectivity index (χ2v) is 4.43. The first-order valence-corrected chi connectivity index (χ1v) is 5.95. The summed E-state index contributed by atoms with van der Waals surface area (Å²) < 4.78 is 24.3. The third-order valence-electron chi connectivity index (χ3n) is 3.27. The minimum absolute atomic E-state index is 0.242. The number of hydrogen-bond acceptors (Lipinski definition) is 3. The lowest BCUT2D eigenvalue weighted by Crippen LogP contribution is -2.28. The second-order valence-electron chi connectivity index (χ2n) is 4.43. The molecule has 3 nitrogen and oxygen atoms in total. The Hall–Kier alpha value is -1.85. The van der Waals surface area contributed by atoms with Crippen molar-refractivity contribution in [2.24, 2.45) is 0 Å². The molecule has 1 N–H and O–H groups in total. The summed E-state index contributed by atoms with van der Waals surface area (Å²) in [4.78, 5) is 0. The normalized spacial score (nSPS) is 13.5. The minimum atomic E-state index is -0.972. The molecule has 96 valence electrons. The van der Waals surface area contributed by atoms with Gasteiger partial charge in [-0.1, -0.05) is 18.2 Å². The van der Waals surface area contributed by atoms with Gasteiger partial charge in [-0.3, -0.25) is 0 Å². The van der Waals surface area contributed by atoms with E-state index in [-0.39, 0.29) is 12.4 Å². The quantitative estimate of drug-likeness (QED) is 0.833. The molecule has 0 bridgehead atoms. The fraction of sp³-hybridized carbons (Fsp3) is 0.143. The van der Waals surface area contributed by atoms with E-state index in [4.69, 9.17) is 9.39 Å². The van der Waals surface area contributed by atoms with Crippen molar-refractivity contribution in [1.29, 1.82) is 0 Å². The van der Waals surface area contributed by atoms with Crippen LogP contribution in [0.4, 0.5) is 4.39 Å². The van der Waals surface area contributed by atoms with Crippen LogP contribution in [0.2, 0.25) is 0 Å². The van der Waals surface area contributed by atoms with Crippen LogP contribution in [-0.2, 0) is 11.3 Å². The average molecular weight is 258 g/mol. The van der Waals surface area contributed by atoms with Gasteiger partial charge in [-0.2, -0.15) is 0 Å². The summed E-state index contributed by atoms with van der Waals surface area (Å²) in [5.41, 5.74) is 2.46. The minimum Gasteiger partial charge on any atom is -0.497 e. The van der Waals surface area contributed by atoms with E-state index in [0.29, 0.717) is 27.9 Å². The van der Waals surface area contributed by atoms with Gasteiger partial charge in [0.15, 0.2) is 0 Å². The molecule has 1 aliphatic rings. The molecular formula is C14H12BFO3. The topological polar surface area (TPSA) is 38.7 Å². The van der Waals surface area contributed by atoms with Crippen LogP contribution < -0.4 is 10.2 Å². The third-order valence-corrected chi connectivity index (χ3v) is 3.27. The maximum Gasteiger partial charge on any atom is 0.491 e. The summed E-state index contributed by atoms with van der Waals surface area (Å²) in [6.45, 7) is 0.242. The highest BCUT2D eigenvalue weighted by Gasteiger charge is 2.28. The van der Waals surface area contributed by atoms with E-state index < -0.39 is 7.12 Å². The Balaban J connectivity index is 2.12. The van der Waals surface area contributed by atoms with Crippen molar-refractivity contribution >= 4 is 12.6 Å². The van der Waals surface area contributed by atoms with E-state index in [1.54, 1.807) is 37.4 Å². The summed E-state index contributed by atoms with van der Waals surface area (Å²) in [6.07, 6.45) is 0. The van der Waals surface area contributed by atoms with Crippen LogP contribution >= 0.6 is 0 Å². The lowest BCUT2D eigenvalue weighted by molar-refractivity contribution is 0.275. The van der Waals surface area contributed by atoms with E-state index >= 15 is 0 Å². The number of methoxy groups -OCH3 is 1. The molecule has 19 heavy (non-hydrogen) atoms. The van der Waals surface area contributed by atoms with Gasteiger partial charge in [-0.05, 0) is 34.8 Å². The monoisotopic (exact) mass is 258 g/mol. The maximum absolute atomic E-state index is 14.1. The standard InChI is InChI=1S/C14H12BFO3/c1-18-11-4-2-3-9(5-11)12-7-13-10(6-14(12)16)8-19-15(13)17/h2-7,17H,8H2,1H3. The van der Waals surface area contributed by atoms with E-state index in [1.165, 1.54) is 6.07 Å². The van der Waals surface area contributed by atoms with E-state index in [0.717, 1.165) is 0 Å². The Morgan fingerprint density at radius 3 is 2.95 bits per heavy atom. The SMILES string of the molecule is COc1cccc(-c2cc3c(cc2F)COB3O)c1. The molecule has 1 aliphatic heterocycles. The fourth-order valence-electron chi connectivity index (χ4n) is 2.26. The Morgan fingerprint density at radius 1 is 1.32 bits per heavy atom. The smallest absolute Gasteiger partial charge is 0.491 e. The van der Waals surface area contributed by atoms with Gasteiger partial charge >= 0.3 is 7.12 Å². The first kappa shape index (κ1) is 12.2. The van der Waals surface area contributed by atoms with Crippen LogP contribution in [0.1, 0.15) is 5.56 Å². The van der Waals surface area contributed by atoms with Gasteiger partial charge in [0.1, 0.15) is 11.6 Å². The van der Waals surface area contributed by atoms with Crippen molar-refractivity contribution in [3.8, 4) is 16.9 Å². The molecule has 3 rings (SSSR count). The van der Waals surface area contributed by atoms with Crippen LogP contribution in [0.15, 0.2) is 36.4 Å². The van der Waals surface area contributed by atoms with Gasteiger partial charge < -0.3 is 14.4 Å². The summed E-state index contributed by atoms with van der Waals surface area (Å²) in [5, 5.41) is 9.67. The Morgan fingerprint density at radius 2 is 2.16 bits per heavy atom. The summed E-state index contributed by atoms with van der Waals surface area (Å²) in [7, 11) is 0.593. The molecule has 0 spiro atoms. The van der Waals surface area contributed by atoms with E-state index in [9.17, 15) is 9.41 Å². The molecule has 0 unspecified atom stereocenters. The summed E-state index contributed by atoms with van der Waals surface area (Å²) in [5.74, 6) is 0.332. The number of rotatable bonds is 2. The second kappa shape index (κ2) is 4.68. The van der Waals surface area contributed by atoms with Crippen molar-refractivity contribution in [1.82, 2.24) is 0 Å². The average Bonchev–Trinajstić information content (AvgIpc) is 2.79. The molecule has 2 aromatic carbocycles. The highest BCUT2D eigenvalue weighted by molar-refractivity contribution is 6.61. The maximum atomic E-state index is 14.1. The van der Waals surface area contributed by atoms with Crippen LogP contribution in [0, 0.1) is 5.82 Å². The first-order valence-electron chi connectivity index (χ1n) is 5.95. The van der Waals surface area contributed by atoms with Gasteiger partial charge in [-0.25, -0.2) is 4.39 Å². The van der Waals surface area contributed by atoms with Crippen LogP contribution in [0.25, 0.3) is 11.1 Å². The highest BCUT2D eigenvalue weighted by Crippen LogP contribution is 2.27. The molecule has 2 aromatic rings. The van der Waals surface area contributed by atoms with Gasteiger partial charge in [0.05, 0.1) is 13.7 Å². The van der Waals surface area contributed by atoms with Gasteiger partial charge in [-0.15, -0.1) is 0 Å². The lowest BCUT2D eigenvalue weighted by atomic mass is 9.78. The molecule has 0 aromatic heterocycles. The zero-order valence-corrected chi connectivity index (χ0v) is 10.4. The van der Waals surface area contributed by atoms with Crippen LogP contribution in [0.5, 0.6) is 5.75 Å². The molecule has 0 amide bonds. The Kier molecular flexibility index (Phi) is 3.01. The number of ether oxygens (including phenoxy) is 1. The number of hydrogen-bond donors (Lipinski definition) is 1. The van der Waals surface area contributed by atoms with Gasteiger partial charge in [0, 0.05) is 5.56 Å². The van der Waals surface area contributed by atoms with Crippen LogP contribution in [0.3, 0.4) is 0 Å². The molecule has 5 heteroatoms. The van der Waals surface area contributed by atoms with Crippen LogP contribution in [-0.4, -0.2) is 19.3 Å². The lowest BCUT2D eigenvalue weighted by Gasteiger charge is -2.08. The molecule has 0 radical (unpaired) electrons. The Bertz CT molecular complexity index is 630. The van der Waals surface area contributed by atoms with Crippen molar-refractivity contribution < 1.29 is 18.8 Å². The summed E-state index contributed by atoms with van der Waals surface area (Å²) in [6, 6.07) is 10.2. The molecule has 0 aliphatic carbocycles. The Labute approximate surface area is 110 Å². The summed E-state index contributed by atoms with van der Waals surface area (Å²) >= 11 is 0.